The van der Waals surface area contributed by atoms with Crippen LogP contribution in [0.15, 0.2) is 24.4 Å². The summed E-state index contributed by atoms with van der Waals surface area (Å²) < 4.78 is 5.45. The highest BCUT2D eigenvalue weighted by Gasteiger charge is 2.15. The minimum atomic E-state index is -0.429. The second-order valence-corrected chi connectivity index (χ2v) is 5.81. The number of nitro groups is 1. The molecule has 112 valence electrons. The lowest BCUT2D eigenvalue weighted by atomic mass is 10.2. The number of anilines is 1. The number of nitrogens with one attached hydrogen (secondary N) is 1. The summed E-state index contributed by atoms with van der Waals surface area (Å²) in [6.07, 6.45) is 2.63. The molecule has 0 fully saturated rings. The third kappa shape index (κ3) is 4.16. The van der Waals surface area contributed by atoms with E-state index in [2.05, 4.69) is 10.3 Å². The first-order valence-corrected chi connectivity index (χ1v) is 7.48. The standard InChI is InChI=1S/C14H17N3O3S/c1-3-6-20-14-7-11(4-5-13(14)17(18)19)16-9-12-8-15-10(2)21-12/h4-5,7-8,16H,3,6,9H2,1-2H3. The van der Waals surface area contributed by atoms with Crippen molar-refractivity contribution in [3.63, 3.8) is 0 Å². The average Bonchev–Trinajstić information content (AvgIpc) is 2.88. The van der Waals surface area contributed by atoms with Crippen molar-refractivity contribution in [2.75, 3.05) is 11.9 Å². The molecule has 0 atom stereocenters. The van der Waals surface area contributed by atoms with E-state index in [9.17, 15) is 10.1 Å². The maximum atomic E-state index is 11.0. The van der Waals surface area contributed by atoms with Gasteiger partial charge in [0.25, 0.3) is 0 Å². The van der Waals surface area contributed by atoms with E-state index in [4.69, 9.17) is 4.74 Å². The smallest absolute Gasteiger partial charge is 0.311 e. The minimum absolute atomic E-state index is 0.0114. The zero-order valence-corrected chi connectivity index (χ0v) is 12.8. The summed E-state index contributed by atoms with van der Waals surface area (Å²) in [5.41, 5.74) is 0.778. The van der Waals surface area contributed by atoms with Crippen molar-refractivity contribution in [2.24, 2.45) is 0 Å². The Kier molecular flexibility index (Phi) is 5.10. The summed E-state index contributed by atoms with van der Waals surface area (Å²) >= 11 is 1.62. The Hall–Kier alpha value is -2.15. The fourth-order valence-corrected chi connectivity index (χ4v) is 2.51. The fourth-order valence-electron chi connectivity index (χ4n) is 1.78. The molecule has 1 heterocycles. The summed E-state index contributed by atoms with van der Waals surface area (Å²) in [6.45, 7) is 5.01. The zero-order valence-electron chi connectivity index (χ0n) is 12.0. The largest absolute Gasteiger partial charge is 0.487 e. The second-order valence-electron chi connectivity index (χ2n) is 4.49. The van der Waals surface area contributed by atoms with E-state index in [-0.39, 0.29) is 5.69 Å². The van der Waals surface area contributed by atoms with Gasteiger partial charge < -0.3 is 10.1 Å². The first-order valence-electron chi connectivity index (χ1n) is 6.66. The minimum Gasteiger partial charge on any atom is -0.487 e. The molecule has 2 rings (SSSR count). The van der Waals surface area contributed by atoms with Crippen molar-refractivity contribution in [3.05, 3.63) is 44.4 Å². The summed E-state index contributed by atoms with van der Waals surface area (Å²) in [7, 11) is 0. The van der Waals surface area contributed by atoms with Crippen LogP contribution in [0.1, 0.15) is 23.2 Å². The van der Waals surface area contributed by atoms with Crippen LogP contribution < -0.4 is 10.1 Å². The number of nitro benzene ring substituents is 1. The molecule has 1 aromatic heterocycles. The van der Waals surface area contributed by atoms with Crippen LogP contribution in [0.3, 0.4) is 0 Å². The lowest BCUT2D eigenvalue weighted by Gasteiger charge is -2.09. The molecule has 0 bridgehead atoms. The maximum Gasteiger partial charge on any atom is 0.311 e. The Morgan fingerprint density at radius 1 is 1.48 bits per heavy atom. The molecule has 2 aromatic rings. The molecule has 0 aliphatic carbocycles. The molecule has 1 N–H and O–H groups in total. The Balaban J connectivity index is 2.10. The quantitative estimate of drug-likeness (QED) is 0.622. The molecule has 0 unspecified atom stereocenters. The Bertz CT molecular complexity index is 628. The van der Waals surface area contributed by atoms with E-state index in [1.807, 2.05) is 20.0 Å². The van der Waals surface area contributed by atoms with Gasteiger partial charge >= 0.3 is 5.69 Å². The van der Waals surface area contributed by atoms with Crippen molar-refractivity contribution < 1.29 is 9.66 Å². The molecule has 1 aromatic carbocycles. The Labute approximate surface area is 126 Å². The SMILES string of the molecule is CCCOc1cc(NCc2cnc(C)s2)ccc1[N+](=O)[O-]. The maximum absolute atomic E-state index is 11.0. The molecule has 21 heavy (non-hydrogen) atoms. The summed E-state index contributed by atoms with van der Waals surface area (Å²) in [5.74, 6) is 0.298. The molecular weight excluding hydrogens is 290 g/mol. The highest BCUT2D eigenvalue weighted by Crippen LogP contribution is 2.30. The molecule has 0 spiro atoms. The van der Waals surface area contributed by atoms with Crippen molar-refractivity contribution in [1.82, 2.24) is 4.98 Å². The highest BCUT2D eigenvalue weighted by atomic mass is 32.1. The van der Waals surface area contributed by atoms with Gasteiger partial charge in [-0.1, -0.05) is 6.92 Å². The van der Waals surface area contributed by atoms with Gasteiger partial charge in [0.05, 0.1) is 23.1 Å². The van der Waals surface area contributed by atoms with E-state index in [0.29, 0.717) is 18.9 Å². The normalized spacial score (nSPS) is 10.4. The van der Waals surface area contributed by atoms with Gasteiger partial charge in [0.15, 0.2) is 5.75 Å². The topological polar surface area (TPSA) is 77.3 Å². The molecular formula is C14H17N3O3S. The number of hydrogen-bond acceptors (Lipinski definition) is 6. The molecule has 7 heteroatoms. The first kappa shape index (κ1) is 15.2. The van der Waals surface area contributed by atoms with Gasteiger partial charge in [-0.3, -0.25) is 10.1 Å². The molecule has 0 saturated carbocycles. The second kappa shape index (κ2) is 7.03. The molecule has 0 radical (unpaired) electrons. The molecule has 0 aliphatic heterocycles. The predicted octanol–water partition coefficient (Wildman–Crippen LogP) is 3.76. The number of aromatic nitrogens is 1. The third-order valence-electron chi connectivity index (χ3n) is 2.75. The van der Waals surface area contributed by atoms with Crippen molar-refractivity contribution in [2.45, 2.75) is 26.8 Å². The zero-order chi connectivity index (χ0) is 15.2. The number of rotatable bonds is 7. The summed E-state index contributed by atoms with van der Waals surface area (Å²) in [6, 6.07) is 4.82. The van der Waals surface area contributed by atoms with Gasteiger partial charge in [-0.25, -0.2) is 4.98 Å². The van der Waals surface area contributed by atoms with Crippen LogP contribution in [0.2, 0.25) is 0 Å². The van der Waals surface area contributed by atoms with Crippen LogP contribution in [0.5, 0.6) is 5.75 Å². The lowest BCUT2D eigenvalue weighted by Crippen LogP contribution is -2.02. The van der Waals surface area contributed by atoms with Gasteiger partial charge in [0.1, 0.15) is 0 Å². The van der Waals surface area contributed by atoms with Crippen molar-refractivity contribution in [1.29, 1.82) is 0 Å². The average molecular weight is 307 g/mol. The lowest BCUT2D eigenvalue weighted by molar-refractivity contribution is -0.385. The summed E-state index contributed by atoms with van der Waals surface area (Å²) in [5, 5.41) is 15.2. The van der Waals surface area contributed by atoms with Gasteiger partial charge in [0.2, 0.25) is 0 Å². The summed E-state index contributed by atoms with van der Waals surface area (Å²) in [4.78, 5) is 15.8. The number of benzene rings is 1. The van der Waals surface area contributed by atoms with Gasteiger partial charge in [0, 0.05) is 28.9 Å². The Morgan fingerprint density at radius 2 is 2.29 bits per heavy atom. The number of nitrogens with zero attached hydrogens (tertiary/aromatic N) is 2. The van der Waals surface area contributed by atoms with Crippen molar-refractivity contribution >= 4 is 22.7 Å². The number of ether oxygens (including phenoxy) is 1. The van der Waals surface area contributed by atoms with Crippen LogP contribution in [-0.2, 0) is 6.54 Å². The highest BCUT2D eigenvalue weighted by molar-refractivity contribution is 7.11. The first-order chi connectivity index (χ1) is 10.1. The van der Waals surface area contributed by atoms with Gasteiger partial charge in [-0.2, -0.15) is 0 Å². The number of thiazole rings is 1. The molecule has 6 nitrogen and oxygen atoms in total. The van der Waals surface area contributed by atoms with Gasteiger partial charge in [-0.15, -0.1) is 11.3 Å². The van der Waals surface area contributed by atoms with E-state index < -0.39 is 4.92 Å². The van der Waals surface area contributed by atoms with Crippen LogP contribution in [0, 0.1) is 17.0 Å². The van der Waals surface area contributed by atoms with Crippen molar-refractivity contribution in [3.8, 4) is 5.75 Å². The van der Waals surface area contributed by atoms with E-state index in [1.54, 1.807) is 23.5 Å². The number of aryl methyl sites for hydroxylation is 1. The Morgan fingerprint density at radius 3 is 2.90 bits per heavy atom. The van der Waals surface area contributed by atoms with Gasteiger partial charge in [-0.05, 0) is 19.4 Å². The van der Waals surface area contributed by atoms with E-state index in [0.717, 1.165) is 22.0 Å². The molecule has 0 amide bonds. The van der Waals surface area contributed by atoms with Crippen LogP contribution in [0.4, 0.5) is 11.4 Å². The van der Waals surface area contributed by atoms with Crippen LogP contribution in [0.25, 0.3) is 0 Å². The van der Waals surface area contributed by atoms with Crippen LogP contribution in [-0.4, -0.2) is 16.5 Å². The van der Waals surface area contributed by atoms with Crippen LogP contribution >= 0.6 is 11.3 Å². The van der Waals surface area contributed by atoms with E-state index >= 15 is 0 Å². The fraction of sp³-hybridized carbons (Fsp3) is 0.357. The monoisotopic (exact) mass is 307 g/mol. The third-order valence-corrected chi connectivity index (χ3v) is 3.67. The number of hydrogen-bond donors (Lipinski definition) is 1. The predicted molar refractivity (Wildman–Crippen MR) is 83.1 cm³/mol. The molecule has 0 saturated heterocycles. The molecule has 0 aliphatic rings. The van der Waals surface area contributed by atoms with E-state index in [1.165, 1.54) is 6.07 Å².